The van der Waals surface area contributed by atoms with Crippen molar-refractivity contribution < 1.29 is 0 Å². The summed E-state index contributed by atoms with van der Waals surface area (Å²) in [5.41, 5.74) is 10.6. The van der Waals surface area contributed by atoms with Crippen LogP contribution in [0.2, 0.25) is 0 Å². The molecule has 2 aromatic carbocycles. The van der Waals surface area contributed by atoms with Gasteiger partial charge in [-0.1, -0.05) is 50.1 Å². The normalized spacial score (nSPS) is 20.6. The van der Waals surface area contributed by atoms with Crippen LogP contribution in [-0.2, 0) is 0 Å². The Balaban J connectivity index is 1.05. The van der Waals surface area contributed by atoms with Gasteiger partial charge in [0.05, 0.1) is 0 Å². The lowest BCUT2D eigenvalue weighted by atomic mass is 9.94. The Labute approximate surface area is 248 Å². The number of nitrogens with zero attached hydrogens (tertiary/aromatic N) is 3. The van der Waals surface area contributed by atoms with E-state index in [0.717, 1.165) is 87.2 Å². The predicted molar refractivity (Wildman–Crippen MR) is 177 cm³/mol. The molecule has 0 aromatic heterocycles. The SMILES string of the molecule is C=C1CCC(CNC(=C)c2ccc(N3CCN(CC4CCN(c5ccc(C(=C)C)cc5)CC4)CC3)cc2C)C(=C)N1. The lowest BCUT2D eigenvalue weighted by molar-refractivity contribution is 0.201. The first-order valence-electron chi connectivity index (χ1n) is 15.4. The number of rotatable bonds is 9. The van der Waals surface area contributed by atoms with Gasteiger partial charge in [0.25, 0.3) is 0 Å². The number of nitrogens with one attached hydrogen (secondary N) is 2. The zero-order valence-electron chi connectivity index (χ0n) is 25.4. The fourth-order valence-corrected chi connectivity index (χ4v) is 6.55. The molecule has 0 amide bonds. The number of hydrogen-bond donors (Lipinski definition) is 2. The zero-order chi connectivity index (χ0) is 28.9. The van der Waals surface area contributed by atoms with Gasteiger partial charge in [-0.05, 0) is 80.8 Å². The fourth-order valence-electron chi connectivity index (χ4n) is 6.55. The van der Waals surface area contributed by atoms with Crippen LogP contribution in [0.5, 0.6) is 0 Å². The van der Waals surface area contributed by atoms with E-state index in [1.807, 2.05) is 0 Å². The summed E-state index contributed by atoms with van der Waals surface area (Å²) in [5.74, 6) is 1.20. The molecule has 5 heteroatoms. The van der Waals surface area contributed by atoms with Crippen LogP contribution in [-0.4, -0.2) is 57.3 Å². The maximum absolute atomic E-state index is 4.34. The highest BCUT2D eigenvalue weighted by Crippen LogP contribution is 2.28. The minimum Gasteiger partial charge on any atom is -0.384 e. The van der Waals surface area contributed by atoms with E-state index in [4.69, 9.17) is 0 Å². The minimum atomic E-state index is 0.403. The van der Waals surface area contributed by atoms with Gasteiger partial charge in [0.2, 0.25) is 0 Å². The first kappa shape index (κ1) is 29.1. The molecule has 218 valence electrons. The highest BCUT2D eigenvalue weighted by atomic mass is 15.3. The quantitative estimate of drug-likeness (QED) is 0.365. The molecule has 3 saturated heterocycles. The molecule has 3 aliphatic rings. The number of benzene rings is 2. The van der Waals surface area contributed by atoms with E-state index in [1.54, 1.807) is 0 Å². The molecule has 3 heterocycles. The third-order valence-electron chi connectivity index (χ3n) is 9.32. The summed E-state index contributed by atoms with van der Waals surface area (Å²) in [5, 5.41) is 6.88. The van der Waals surface area contributed by atoms with Crippen molar-refractivity contribution in [2.24, 2.45) is 11.8 Å². The Morgan fingerprint density at radius 3 is 2.17 bits per heavy atom. The Kier molecular flexibility index (Phi) is 9.24. The van der Waals surface area contributed by atoms with E-state index in [0.29, 0.717) is 5.92 Å². The van der Waals surface area contributed by atoms with Gasteiger partial charge in [0, 0.05) is 92.3 Å². The molecule has 3 fully saturated rings. The fraction of sp³-hybridized carbons (Fsp3) is 0.444. The van der Waals surface area contributed by atoms with Gasteiger partial charge in [0.1, 0.15) is 0 Å². The summed E-state index contributed by atoms with van der Waals surface area (Å²) in [4.78, 5) is 7.79. The molecule has 2 aromatic rings. The Morgan fingerprint density at radius 1 is 0.878 bits per heavy atom. The minimum absolute atomic E-state index is 0.403. The van der Waals surface area contributed by atoms with Crippen molar-refractivity contribution in [3.8, 4) is 0 Å². The first-order valence-corrected chi connectivity index (χ1v) is 15.4. The predicted octanol–water partition coefficient (Wildman–Crippen LogP) is 6.65. The van der Waals surface area contributed by atoms with Gasteiger partial charge in [-0.2, -0.15) is 0 Å². The zero-order valence-corrected chi connectivity index (χ0v) is 25.4. The van der Waals surface area contributed by atoms with Crippen molar-refractivity contribution >= 4 is 22.6 Å². The van der Waals surface area contributed by atoms with Crippen molar-refractivity contribution in [3.63, 3.8) is 0 Å². The average Bonchev–Trinajstić information content (AvgIpc) is 2.97. The monoisotopic (exact) mass is 551 g/mol. The molecule has 5 nitrogen and oxygen atoms in total. The van der Waals surface area contributed by atoms with Crippen molar-refractivity contribution in [3.05, 3.63) is 96.9 Å². The van der Waals surface area contributed by atoms with Crippen LogP contribution in [0.1, 0.15) is 49.3 Å². The number of aryl methyl sites for hydroxylation is 1. The van der Waals surface area contributed by atoms with Gasteiger partial charge in [-0.25, -0.2) is 0 Å². The molecule has 0 aliphatic carbocycles. The van der Waals surface area contributed by atoms with Crippen LogP contribution >= 0.6 is 0 Å². The molecule has 1 atom stereocenters. The summed E-state index contributed by atoms with van der Waals surface area (Å²) in [7, 11) is 0. The lowest BCUT2D eigenvalue weighted by Crippen LogP contribution is -2.49. The molecule has 2 N–H and O–H groups in total. The third-order valence-corrected chi connectivity index (χ3v) is 9.32. The van der Waals surface area contributed by atoms with E-state index in [-0.39, 0.29) is 0 Å². The van der Waals surface area contributed by atoms with Gasteiger partial charge < -0.3 is 20.4 Å². The van der Waals surface area contributed by atoms with E-state index < -0.39 is 0 Å². The van der Waals surface area contributed by atoms with Crippen LogP contribution in [0.4, 0.5) is 11.4 Å². The second kappa shape index (κ2) is 13.0. The topological polar surface area (TPSA) is 33.8 Å². The number of allylic oxidation sites excluding steroid dienone is 2. The van der Waals surface area contributed by atoms with Gasteiger partial charge in [-0.3, -0.25) is 4.90 Å². The summed E-state index contributed by atoms with van der Waals surface area (Å²) < 4.78 is 0. The smallest absolute Gasteiger partial charge is 0.0370 e. The highest BCUT2D eigenvalue weighted by molar-refractivity contribution is 5.68. The summed E-state index contributed by atoms with van der Waals surface area (Å²) >= 11 is 0. The van der Waals surface area contributed by atoms with Crippen molar-refractivity contribution in [2.75, 3.05) is 62.2 Å². The highest BCUT2D eigenvalue weighted by Gasteiger charge is 2.25. The molecule has 1 unspecified atom stereocenters. The van der Waals surface area contributed by atoms with E-state index in [1.165, 1.54) is 47.5 Å². The molecule has 41 heavy (non-hydrogen) atoms. The Hall–Kier alpha value is -3.44. The van der Waals surface area contributed by atoms with E-state index in [9.17, 15) is 0 Å². The molecule has 0 bridgehead atoms. The third kappa shape index (κ3) is 7.26. The number of hydrogen-bond acceptors (Lipinski definition) is 5. The first-order chi connectivity index (χ1) is 19.8. The largest absolute Gasteiger partial charge is 0.384 e. The van der Waals surface area contributed by atoms with Gasteiger partial charge in [-0.15, -0.1) is 0 Å². The second-order valence-electron chi connectivity index (χ2n) is 12.4. The number of piperazine rings is 1. The molecular weight excluding hydrogens is 502 g/mol. The van der Waals surface area contributed by atoms with Crippen molar-refractivity contribution in [1.82, 2.24) is 15.5 Å². The maximum Gasteiger partial charge on any atom is 0.0370 e. The molecule has 3 aliphatic heterocycles. The molecule has 0 radical (unpaired) electrons. The second-order valence-corrected chi connectivity index (χ2v) is 12.4. The summed E-state index contributed by atoms with van der Waals surface area (Å²) in [6, 6.07) is 15.8. The van der Waals surface area contributed by atoms with Crippen LogP contribution < -0.4 is 20.4 Å². The molecule has 0 saturated carbocycles. The van der Waals surface area contributed by atoms with Crippen molar-refractivity contribution in [2.45, 2.75) is 39.5 Å². The molecular formula is C36H49N5. The standard InChI is InChI=1S/C36H49N5/c1-26(2)32-9-11-34(12-10-32)40-17-15-31(16-18-40)25-39-19-21-41(22-20-39)35-13-14-36(27(3)23-35)30(6)37-24-33-8-7-28(4)38-29(33)5/h9-14,23,31,33,37-38H,1,4-8,15-22,24-25H2,2-3H3. The summed E-state index contributed by atoms with van der Waals surface area (Å²) in [6.07, 6.45) is 4.64. The maximum atomic E-state index is 4.34. The van der Waals surface area contributed by atoms with Crippen LogP contribution in [0.3, 0.4) is 0 Å². The average molecular weight is 552 g/mol. The van der Waals surface area contributed by atoms with E-state index in [2.05, 4.69) is 108 Å². The molecule has 0 spiro atoms. The summed E-state index contributed by atoms with van der Waals surface area (Å²) in [6.45, 7) is 29.8. The van der Waals surface area contributed by atoms with Crippen LogP contribution in [0.25, 0.3) is 11.3 Å². The van der Waals surface area contributed by atoms with Gasteiger partial charge in [0.15, 0.2) is 0 Å². The Morgan fingerprint density at radius 2 is 1.54 bits per heavy atom. The molecule has 5 rings (SSSR count). The van der Waals surface area contributed by atoms with Crippen molar-refractivity contribution in [1.29, 1.82) is 0 Å². The Bertz CT molecular complexity index is 1260. The lowest BCUT2D eigenvalue weighted by Gasteiger charge is -2.40. The van der Waals surface area contributed by atoms with Crippen LogP contribution in [0, 0.1) is 18.8 Å². The number of anilines is 2. The van der Waals surface area contributed by atoms with Crippen LogP contribution in [0.15, 0.2) is 80.2 Å². The number of piperidine rings is 2. The van der Waals surface area contributed by atoms with Gasteiger partial charge >= 0.3 is 0 Å². The van der Waals surface area contributed by atoms with E-state index >= 15 is 0 Å².